The quantitative estimate of drug-likeness (QED) is 0.254. The summed E-state index contributed by atoms with van der Waals surface area (Å²) in [6, 6.07) is 5.09. The summed E-state index contributed by atoms with van der Waals surface area (Å²) < 4.78 is 21.2. The van der Waals surface area contributed by atoms with Crippen LogP contribution in [0.4, 0.5) is 4.39 Å². The highest BCUT2D eigenvalue weighted by molar-refractivity contribution is 14.0. The van der Waals surface area contributed by atoms with Gasteiger partial charge in [0, 0.05) is 39.8 Å². The molecule has 176 valence electrons. The molecule has 2 aromatic rings. The van der Waals surface area contributed by atoms with Gasteiger partial charge in [0.05, 0.1) is 13.2 Å². The van der Waals surface area contributed by atoms with Gasteiger partial charge in [-0.2, -0.15) is 0 Å². The number of hydrogen-bond donors (Lipinski definition) is 1. The number of aromatic nitrogens is 3. The van der Waals surface area contributed by atoms with Crippen molar-refractivity contribution in [1.29, 1.82) is 0 Å². The van der Waals surface area contributed by atoms with Crippen molar-refractivity contribution in [2.45, 2.75) is 32.9 Å². The van der Waals surface area contributed by atoms with E-state index in [0.717, 1.165) is 82.0 Å². The maximum absolute atomic E-state index is 13.8. The van der Waals surface area contributed by atoms with Gasteiger partial charge in [0.1, 0.15) is 18.2 Å². The van der Waals surface area contributed by atoms with E-state index >= 15 is 0 Å². The SMILES string of the molecule is Cc1nnc(CN=C(NCCCN2CCOCC2)N2CCc3ccc(F)cc3C2)n1C.I. The normalized spacial score (nSPS) is 17.1. The Hall–Kier alpha value is -1.79. The van der Waals surface area contributed by atoms with E-state index in [4.69, 9.17) is 9.73 Å². The molecule has 8 nitrogen and oxygen atoms in total. The Labute approximate surface area is 206 Å². The van der Waals surface area contributed by atoms with Gasteiger partial charge in [-0.1, -0.05) is 6.07 Å². The first-order valence-electron chi connectivity index (χ1n) is 11.1. The highest BCUT2D eigenvalue weighted by Gasteiger charge is 2.20. The number of aliphatic imine (C=N–C) groups is 1. The molecule has 2 aliphatic rings. The molecular formula is C22H33FIN7O. The summed E-state index contributed by atoms with van der Waals surface area (Å²) in [6.45, 7) is 9.41. The number of rotatable bonds is 6. The third-order valence-corrected chi connectivity index (χ3v) is 6.07. The number of aryl methyl sites for hydroxylation is 1. The third kappa shape index (κ3) is 6.38. The summed E-state index contributed by atoms with van der Waals surface area (Å²) in [5.41, 5.74) is 2.25. The van der Waals surface area contributed by atoms with Crippen LogP contribution in [0.15, 0.2) is 23.2 Å². The maximum atomic E-state index is 13.8. The molecule has 3 heterocycles. The number of ether oxygens (including phenoxy) is 1. The van der Waals surface area contributed by atoms with E-state index in [-0.39, 0.29) is 29.8 Å². The van der Waals surface area contributed by atoms with Crippen LogP contribution >= 0.6 is 24.0 Å². The number of benzene rings is 1. The summed E-state index contributed by atoms with van der Waals surface area (Å²) in [6.07, 6.45) is 1.91. The van der Waals surface area contributed by atoms with E-state index in [9.17, 15) is 4.39 Å². The zero-order valence-electron chi connectivity index (χ0n) is 18.9. The van der Waals surface area contributed by atoms with Gasteiger partial charge in [-0.15, -0.1) is 34.2 Å². The van der Waals surface area contributed by atoms with E-state index in [1.54, 1.807) is 12.1 Å². The number of fused-ring (bicyclic) bond motifs is 1. The molecule has 1 fully saturated rings. The van der Waals surface area contributed by atoms with Gasteiger partial charge in [-0.3, -0.25) is 4.90 Å². The van der Waals surface area contributed by atoms with Crippen LogP contribution in [0.2, 0.25) is 0 Å². The lowest BCUT2D eigenvalue weighted by molar-refractivity contribution is 0.0375. The third-order valence-electron chi connectivity index (χ3n) is 6.07. The lowest BCUT2D eigenvalue weighted by Gasteiger charge is -2.32. The molecule has 0 spiro atoms. The van der Waals surface area contributed by atoms with Crippen molar-refractivity contribution >= 4 is 29.9 Å². The van der Waals surface area contributed by atoms with Crippen LogP contribution in [0.1, 0.15) is 29.2 Å². The molecule has 0 bridgehead atoms. The Kier molecular flexibility index (Phi) is 9.23. The highest BCUT2D eigenvalue weighted by atomic mass is 127. The number of morpholine rings is 1. The van der Waals surface area contributed by atoms with Crippen molar-refractivity contribution in [2.75, 3.05) is 45.9 Å². The summed E-state index contributed by atoms with van der Waals surface area (Å²) in [4.78, 5) is 9.50. The minimum atomic E-state index is -0.188. The minimum absolute atomic E-state index is 0. The molecule has 4 rings (SSSR count). The topological polar surface area (TPSA) is 70.8 Å². The summed E-state index contributed by atoms with van der Waals surface area (Å²) in [5.74, 6) is 2.35. The summed E-state index contributed by atoms with van der Waals surface area (Å²) >= 11 is 0. The number of guanidine groups is 1. The van der Waals surface area contributed by atoms with Crippen molar-refractivity contribution in [3.05, 3.63) is 46.8 Å². The summed E-state index contributed by atoms with van der Waals surface area (Å²) in [5, 5.41) is 11.9. The first-order chi connectivity index (χ1) is 15.1. The zero-order valence-corrected chi connectivity index (χ0v) is 21.2. The Morgan fingerprint density at radius 3 is 2.75 bits per heavy atom. The van der Waals surface area contributed by atoms with E-state index in [0.29, 0.717) is 13.1 Å². The van der Waals surface area contributed by atoms with Gasteiger partial charge < -0.3 is 19.5 Å². The fraction of sp³-hybridized carbons (Fsp3) is 0.591. The average molecular weight is 557 g/mol. The van der Waals surface area contributed by atoms with Crippen LogP contribution in [0.5, 0.6) is 0 Å². The van der Waals surface area contributed by atoms with Crippen LogP contribution in [-0.4, -0.2) is 76.5 Å². The smallest absolute Gasteiger partial charge is 0.194 e. The molecule has 10 heteroatoms. The molecule has 32 heavy (non-hydrogen) atoms. The fourth-order valence-electron chi connectivity index (χ4n) is 4.04. The van der Waals surface area contributed by atoms with Crippen molar-refractivity contribution in [1.82, 2.24) is 29.9 Å². The number of nitrogens with zero attached hydrogens (tertiary/aromatic N) is 6. The molecule has 0 amide bonds. The van der Waals surface area contributed by atoms with Crippen LogP contribution in [0.25, 0.3) is 0 Å². The minimum Gasteiger partial charge on any atom is -0.379 e. The number of hydrogen-bond acceptors (Lipinski definition) is 5. The lowest BCUT2D eigenvalue weighted by atomic mass is 10.00. The van der Waals surface area contributed by atoms with Crippen molar-refractivity contribution in [3.8, 4) is 0 Å². The molecule has 0 saturated carbocycles. The zero-order chi connectivity index (χ0) is 21.6. The predicted molar refractivity (Wildman–Crippen MR) is 133 cm³/mol. The predicted octanol–water partition coefficient (Wildman–Crippen LogP) is 2.11. The molecule has 0 atom stereocenters. The van der Waals surface area contributed by atoms with E-state index in [1.165, 1.54) is 5.56 Å². The van der Waals surface area contributed by atoms with Gasteiger partial charge in [-0.25, -0.2) is 9.38 Å². The molecule has 1 aromatic heterocycles. The van der Waals surface area contributed by atoms with Crippen LogP contribution in [0.3, 0.4) is 0 Å². The molecule has 1 saturated heterocycles. The first-order valence-corrected chi connectivity index (χ1v) is 11.1. The van der Waals surface area contributed by atoms with Gasteiger partial charge in [0.25, 0.3) is 0 Å². The average Bonchev–Trinajstić information content (AvgIpc) is 3.11. The Morgan fingerprint density at radius 2 is 2.00 bits per heavy atom. The molecular weight excluding hydrogens is 524 g/mol. The van der Waals surface area contributed by atoms with Crippen LogP contribution < -0.4 is 5.32 Å². The van der Waals surface area contributed by atoms with Crippen LogP contribution in [0, 0.1) is 12.7 Å². The van der Waals surface area contributed by atoms with Gasteiger partial charge in [0.15, 0.2) is 11.8 Å². The first kappa shape index (κ1) is 24.8. The number of nitrogens with one attached hydrogen (secondary N) is 1. The molecule has 1 N–H and O–H groups in total. The van der Waals surface area contributed by atoms with E-state index in [2.05, 4.69) is 25.3 Å². The number of halogens is 2. The Balaban J connectivity index is 0.00000289. The monoisotopic (exact) mass is 557 g/mol. The highest BCUT2D eigenvalue weighted by Crippen LogP contribution is 2.20. The van der Waals surface area contributed by atoms with Gasteiger partial charge >= 0.3 is 0 Å². The fourth-order valence-corrected chi connectivity index (χ4v) is 4.04. The molecule has 0 aliphatic carbocycles. The standard InChI is InChI=1S/C22H32FN7O.HI/c1-17-26-27-21(28(17)2)15-25-22(24-7-3-8-29-10-12-31-13-11-29)30-9-6-18-4-5-20(23)14-19(18)16-30;/h4-5,14H,3,6-13,15-16H2,1-2H3,(H,24,25);1H. The van der Waals surface area contributed by atoms with E-state index in [1.807, 2.05) is 24.6 Å². The van der Waals surface area contributed by atoms with Gasteiger partial charge in [-0.05, 0) is 49.6 Å². The van der Waals surface area contributed by atoms with Crippen LogP contribution in [-0.2, 0) is 31.3 Å². The maximum Gasteiger partial charge on any atom is 0.194 e. The molecule has 0 unspecified atom stereocenters. The largest absolute Gasteiger partial charge is 0.379 e. The second-order valence-corrected chi connectivity index (χ2v) is 8.18. The van der Waals surface area contributed by atoms with Gasteiger partial charge in [0.2, 0.25) is 0 Å². The molecule has 0 radical (unpaired) electrons. The van der Waals surface area contributed by atoms with E-state index < -0.39 is 0 Å². The molecule has 2 aliphatic heterocycles. The van der Waals surface area contributed by atoms with Crippen molar-refractivity contribution < 1.29 is 9.13 Å². The molecule has 1 aromatic carbocycles. The summed E-state index contributed by atoms with van der Waals surface area (Å²) in [7, 11) is 1.95. The second kappa shape index (κ2) is 11.9. The Bertz CT molecular complexity index is 914. The van der Waals surface area contributed by atoms with Crippen molar-refractivity contribution in [3.63, 3.8) is 0 Å². The van der Waals surface area contributed by atoms with Crippen molar-refractivity contribution in [2.24, 2.45) is 12.0 Å². The second-order valence-electron chi connectivity index (χ2n) is 8.18. The Morgan fingerprint density at radius 1 is 1.19 bits per heavy atom. The lowest BCUT2D eigenvalue weighted by Crippen LogP contribution is -2.45.